The van der Waals surface area contributed by atoms with Gasteiger partial charge in [-0.25, -0.2) is 0 Å². The van der Waals surface area contributed by atoms with Crippen molar-refractivity contribution in [2.24, 2.45) is 0 Å². The van der Waals surface area contributed by atoms with Crippen LogP contribution in [0.25, 0.3) is 76.5 Å². The Kier molecular flexibility index (Phi) is 7.28. The standard InChI is InChI=1S/C55H39N/c1-55(2)50-32-27-39-17-9-11-20-48(39)54(50)49-30-26-42(35-51(49)55)53-47(37-14-4-3-5-15-37)21-12-22-52(53)56(43-28-25-36-13-6-7-18-40(36)33-43)44-29-31-46-41(34-44)24-23-38-16-8-10-19-45(38)46/h3-35H,1-2H3. The highest BCUT2D eigenvalue weighted by molar-refractivity contribution is 6.09. The van der Waals surface area contributed by atoms with Crippen molar-refractivity contribution in [1.29, 1.82) is 0 Å². The van der Waals surface area contributed by atoms with E-state index >= 15 is 0 Å². The summed E-state index contributed by atoms with van der Waals surface area (Å²) in [7, 11) is 0. The van der Waals surface area contributed by atoms with Crippen molar-refractivity contribution in [2.45, 2.75) is 19.3 Å². The van der Waals surface area contributed by atoms with Crippen LogP contribution in [-0.4, -0.2) is 0 Å². The topological polar surface area (TPSA) is 3.24 Å². The monoisotopic (exact) mass is 713 g/mol. The second-order valence-corrected chi connectivity index (χ2v) is 15.7. The molecule has 0 radical (unpaired) electrons. The summed E-state index contributed by atoms with van der Waals surface area (Å²) < 4.78 is 0. The third-order valence-corrected chi connectivity index (χ3v) is 12.2. The third-order valence-electron chi connectivity index (χ3n) is 12.2. The molecule has 11 rings (SSSR count). The number of hydrogen-bond acceptors (Lipinski definition) is 1. The lowest BCUT2D eigenvalue weighted by Crippen LogP contribution is -2.15. The van der Waals surface area contributed by atoms with Crippen molar-refractivity contribution >= 4 is 60.2 Å². The molecule has 0 amide bonds. The van der Waals surface area contributed by atoms with Gasteiger partial charge in [0.05, 0.1) is 5.69 Å². The summed E-state index contributed by atoms with van der Waals surface area (Å²) in [6.07, 6.45) is 0. The molecular formula is C55H39N. The smallest absolute Gasteiger partial charge is 0.0546 e. The Labute approximate surface area is 327 Å². The molecule has 1 nitrogen and oxygen atoms in total. The molecule has 1 heteroatoms. The van der Waals surface area contributed by atoms with Crippen LogP contribution in [0.1, 0.15) is 25.0 Å². The zero-order chi connectivity index (χ0) is 37.4. The van der Waals surface area contributed by atoms with Gasteiger partial charge in [-0.15, -0.1) is 0 Å². The van der Waals surface area contributed by atoms with Gasteiger partial charge in [-0.1, -0.05) is 178 Å². The summed E-state index contributed by atoms with van der Waals surface area (Å²) in [6, 6.07) is 74.1. The quantitative estimate of drug-likeness (QED) is 0.161. The van der Waals surface area contributed by atoms with Crippen LogP contribution in [0.5, 0.6) is 0 Å². The average molecular weight is 714 g/mol. The fourth-order valence-corrected chi connectivity index (χ4v) is 9.43. The molecule has 10 aromatic rings. The normalized spacial score (nSPS) is 13.0. The fourth-order valence-electron chi connectivity index (χ4n) is 9.43. The molecule has 10 aromatic carbocycles. The summed E-state index contributed by atoms with van der Waals surface area (Å²) in [5.41, 5.74) is 13.5. The minimum Gasteiger partial charge on any atom is -0.310 e. The first-order chi connectivity index (χ1) is 27.5. The van der Waals surface area contributed by atoms with Gasteiger partial charge < -0.3 is 4.90 Å². The van der Waals surface area contributed by atoms with Crippen molar-refractivity contribution in [2.75, 3.05) is 4.90 Å². The SMILES string of the molecule is CC1(C)c2cc(-c3c(-c4ccccc4)cccc3N(c3ccc4ccccc4c3)c3ccc4c(ccc5ccccc54)c3)ccc2-c2c1ccc1ccccc21. The molecule has 0 atom stereocenters. The van der Waals surface area contributed by atoms with E-state index in [0.717, 1.165) is 17.1 Å². The van der Waals surface area contributed by atoms with E-state index in [1.807, 2.05) is 0 Å². The molecule has 56 heavy (non-hydrogen) atoms. The Morgan fingerprint density at radius 2 is 0.946 bits per heavy atom. The minimum atomic E-state index is -0.161. The van der Waals surface area contributed by atoms with Gasteiger partial charge in [0.15, 0.2) is 0 Å². The van der Waals surface area contributed by atoms with E-state index in [-0.39, 0.29) is 5.41 Å². The van der Waals surface area contributed by atoms with Crippen molar-refractivity contribution < 1.29 is 0 Å². The molecule has 0 heterocycles. The first-order valence-electron chi connectivity index (χ1n) is 19.6. The van der Waals surface area contributed by atoms with Crippen molar-refractivity contribution in [1.82, 2.24) is 0 Å². The molecule has 0 bridgehead atoms. The van der Waals surface area contributed by atoms with E-state index in [2.05, 4.69) is 219 Å². The number of rotatable bonds is 5. The summed E-state index contributed by atoms with van der Waals surface area (Å²) in [5, 5.41) is 10.1. The third kappa shape index (κ3) is 5.01. The van der Waals surface area contributed by atoms with Crippen LogP contribution >= 0.6 is 0 Å². The van der Waals surface area contributed by atoms with Crippen LogP contribution in [0.2, 0.25) is 0 Å². The highest BCUT2D eigenvalue weighted by atomic mass is 15.1. The van der Waals surface area contributed by atoms with E-state index in [1.165, 1.54) is 87.6 Å². The van der Waals surface area contributed by atoms with E-state index in [9.17, 15) is 0 Å². The van der Waals surface area contributed by atoms with E-state index in [4.69, 9.17) is 0 Å². The van der Waals surface area contributed by atoms with Crippen LogP contribution in [0.4, 0.5) is 17.1 Å². The second-order valence-electron chi connectivity index (χ2n) is 15.7. The second kappa shape index (κ2) is 12.5. The molecule has 0 unspecified atom stereocenters. The average Bonchev–Trinajstić information content (AvgIpc) is 3.49. The zero-order valence-electron chi connectivity index (χ0n) is 31.5. The summed E-state index contributed by atoms with van der Waals surface area (Å²) in [4.78, 5) is 2.48. The largest absolute Gasteiger partial charge is 0.310 e. The maximum Gasteiger partial charge on any atom is 0.0546 e. The Morgan fingerprint density at radius 1 is 0.339 bits per heavy atom. The molecule has 0 saturated heterocycles. The Morgan fingerprint density at radius 3 is 1.77 bits per heavy atom. The van der Waals surface area contributed by atoms with Crippen LogP contribution in [0.15, 0.2) is 200 Å². The lowest BCUT2D eigenvalue weighted by atomic mass is 9.80. The van der Waals surface area contributed by atoms with E-state index in [1.54, 1.807) is 0 Å². The molecule has 1 aliphatic rings. The molecule has 0 spiro atoms. The molecule has 0 saturated carbocycles. The fraction of sp³-hybridized carbons (Fsp3) is 0.0545. The maximum atomic E-state index is 2.49. The molecule has 1 aliphatic carbocycles. The predicted molar refractivity (Wildman–Crippen MR) is 240 cm³/mol. The van der Waals surface area contributed by atoms with Crippen molar-refractivity contribution in [3.8, 4) is 33.4 Å². The highest BCUT2D eigenvalue weighted by Gasteiger charge is 2.37. The van der Waals surface area contributed by atoms with Gasteiger partial charge in [0, 0.05) is 22.4 Å². The van der Waals surface area contributed by atoms with Gasteiger partial charge in [0.2, 0.25) is 0 Å². The molecular weight excluding hydrogens is 675 g/mol. The van der Waals surface area contributed by atoms with Gasteiger partial charge in [-0.2, -0.15) is 0 Å². The van der Waals surface area contributed by atoms with E-state index in [0.29, 0.717) is 0 Å². The molecule has 264 valence electrons. The van der Waals surface area contributed by atoms with Gasteiger partial charge >= 0.3 is 0 Å². The molecule has 0 aromatic heterocycles. The lowest BCUT2D eigenvalue weighted by Gasteiger charge is -2.30. The number of benzene rings is 10. The van der Waals surface area contributed by atoms with Crippen LogP contribution < -0.4 is 4.90 Å². The van der Waals surface area contributed by atoms with Crippen molar-refractivity contribution in [3.05, 3.63) is 211 Å². The molecule has 0 fully saturated rings. The van der Waals surface area contributed by atoms with Crippen LogP contribution in [0, 0.1) is 0 Å². The Bertz CT molecular complexity index is 3170. The first kappa shape index (κ1) is 32.5. The van der Waals surface area contributed by atoms with Gasteiger partial charge in [-0.05, 0) is 118 Å². The van der Waals surface area contributed by atoms with Gasteiger partial charge in [-0.3, -0.25) is 0 Å². The van der Waals surface area contributed by atoms with Gasteiger partial charge in [0.1, 0.15) is 0 Å². The van der Waals surface area contributed by atoms with Crippen molar-refractivity contribution in [3.63, 3.8) is 0 Å². The lowest BCUT2D eigenvalue weighted by molar-refractivity contribution is 0.661. The Balaban J connectivity index is 1.19. The highest BCUT2D eigenvalue weighted by Crippen LogP contribution is 2.54. The Hall–Kier alpha value is -6.96. The zero-order valence-corrected chi connectivity index (χ0v) is 31.5. The summed E-state index contributed by atoms with van der Waals surface area (Å²) in [6.45, 7) is 4.78. The summed E-state index contributed by atoms with van der Waals surface area (Å²) >= 11 is 0. The number of fused-ring (bicyclic) bond motifs is 9. The maximum absolute atomic E-state index is 2.49. The predicted octanol–water partition coefficient (Wildman–Crippen LogP) is 15.4. The van der Waals surface area contributed by atoms with E-state index < -0.39 is 0 Å². The number of nitrogens with zero attached hydrogens (tertiary/aromatic N) is 1. The number of anilines is 3. The first-order valence-corrected chi connectivity index (χ1v) is 19.6. The summed E-state index contributed by atoms with van der Waals surface area (Å²) in [5.74, 6) is 0. The molecule has 0 aliphatic heterocycles. The number of hydrogen-bond donors (Lipinski definition) is 0. The minimum absolute atomic E-state index is 0.161. The van der Waals surface area contributed by atoms with Crippen LogP contribution in [-0.2, 0) is 5.41 Å². The molecule has 0 N–H and O–H groups in total. The van der Waals surface area contributed by atoms with Crippen LogP contribution in [0.3, 0.4) is 0 Å². The van der Waals surface area contributed by atoms with Gasteiger partial charge in [0.25, 0.3) is 0 Å².